The molecule has 0 fully saturated rings. The van der Waals surface area contributed by atoms with Gasteiger partial charge in [0, 0.05) is 37.6 Å². The Labute approximate surface area is 183 Å². The van der Waals surface area contributed by atoms with Crippen LogP contribution in [0.3, 0.4) is 0 Å². The van der Waals surface area contributed by atoms with Gasteiger partial charge in [-0.15, -0.1) is 0 Å². The van der Waals surface area contributed by atoms with Crippen molar-refractivity contribution in [1.29, 1.82) is 0 Å². The molecule has 13 heteroatoms. The first-order valence-corrected chi connectivity index (χ1v) is 11.1. The maximum Gasteiger partial charge on any atom is 0.433 e. The van der Waals surface area contributed by atoms with Gasteiger partial charge in [0.15, 0.2) is 5.65 Å². The second-order valence-electron chi connectivity index (χ2n) is 7.05. The number of halogens is 3. The van der Waals surface area contributed by atoms with E-state index < -0.39 is 22.0 Å². The van der Waals surface area contributed by atoms with Crippen LogP contribution in [0.2, 0.25) is 0 Å². The third-order valence-corrected chi connectivity index (χ3v) is 4.16. The minimum Gasteiger partial charge on any atom is -0.365 e. The highest BCUT2D eigenvalue weighted by Crippen LogP contribution is 2.31. The summed E-state index contributed by atoms with van der Waals surface area (Å²) in [5.74, 6) is 0.869. The molecule has 32 heavy (non-hydrogen) atoms. The average Bonchev–Trinajstić information content (AvgIpc) is 2.69. The highest BCUT2D eigenvalue weighted by atomic mass is 32.2. The van der Waals surface area contributed by atoms with Gasteiger partial charge in [-0.25, -0.2) is 4.98 Å². The van der Waals surface area contributed by atoms with Crippen molar-refractivity contribution in [2.45, 2.75) is 32.6 Å². The summed E-state index contributed by atoms with van der Waals surface area (Å²) in [5.41, 5.74) is -0.396. The predicted octanol–water partition coefficient (Wildman–Crippen LogP) is 3.40. The monoisotopic (exact) mass is 472 g/mol. The minimum absolute atomic E-state index is 0.0411. The molecular weight excluding hydrogens is 449 g/mol. The molecule has 3 rings (SSSR count). The van der Waals surface area contributed by atoms with Gasteiger partial charge in [-0.1, -0.05) is 6.07 Å². The Bertz CT molecular complexity index is 1160. The summed E-state index contributed by atoms with van der Waals surface area (Å²) >= 11 is 0. The molecule has 0 bridgehead atoms. The van der Waals surface area contributed by atoms with Gasteiger partial charge in [0.2, 0.25) is 5.95 Å². The van der Waals surface area contributed by atoms with Crippen LogP contribution in [0.1, 0.15) is 25.1 Å². The number of hydrogen-bond acceptors (Lipinski definition) is 8. The van der Waals surface area contributed by atoms with Gasteiger partial charge < -0.3 is 10.2 Å². The van der Waals surface area contributed by atoms with E-state index in [0.717, 1.165) is 6.20 Å². The van der Waals surface area contributed by atoms with Crippen LogP contribution in [-0.2, 0) is 22.8 Å². The van der Waals surface area contributed by atoms with Gasteiger partial charge >= 0.3 is 6.18 Å². The van der Waals surface area contributed by atoms with Crippen molar-refractivity contribution >= 4 is 32.9 Å². The quantitative estimate of drug-likeness (QED) is 0.538. The molecule has 0 spiro atoms. The number of pyridine rings is 2. The van der Waals surface area contributed by atoms with Crippen molar-refractivity contribution in [3.63, 3.8) is 0 Å². The first-order chi connectivity index (χ1) is 14.8. The summed E-state index contributed by atoms with van der Waals surface area (Å²) in [6.45, 7) is 3.91. The van der Waals surface area contributed by atoms with Gasteiger partial charge in [-0.05, 0) is 32.0 Å². The van der Waals surface area contributed by atoms with E-state index in [-0.39, 0.29) is 18.2 Å². The van der Waals surface area contributed by atoms with Crippen LogP contribution < -0.4 is 10.2 Å². The molecule has 9 nitrogen and oxygen atoms in total. The Morgan fingerprint density at radius 3 is 2.31 bits per heavy atom. The first-order valence-electron chi connectivity index (χ1n) is 9.30. The molecule has 3 aromatic heterocycles. The second-order valence-corrected chi connectivity index (χ2v) is 8.51. The van der Waals surface area contributed by atoms with E-state index in [0.29, 0.717) is 29.1 Å². The van der Waals surface area contributed by atoms with E-state index in [2.05, 4.69) is 25.3 Å². The van der Waals surface area contributed by atoms with Crippen molar-refractivity contribution in [2.75, 3.05) is 23.5 Å². The molecule has 0 amide bonds. The molecule has 0 aliphatic carbocycles. The number of fused-ring (bicyclic) bond motifs is 1. The Hall–Kier alpha value is -3.06. The highest BCUT2D eigenvalue weighted by molar-refractivity contribution is 7.85. The number of rotatable bonds is 5. The smallest absolute Gasteiger partial charge is 0.365 e. The Balaban J connectivity index is 0.000000654. The molecule has 0 saturated carbocycles. The lowest BCUT2D eigenvalue weighted by Gasteiger charge is -2.22. The van der Waals surface area contributed by atoms with E-state index >= 15 is 0 Å². The molecule has 0 aromatic carbocycles. The van der Waals surface area contributed by atoms with Crippen molar-refractivity contribution < 1.29 is 26.1 Å². The van der Waals surface area contributed by atoms with Gasteiger partial charge in [0.05, 0.1) is 11.6 Å². The number of hydrogen-bond donors (Lipinski definition) is 2. The van der Waals surface area contributed by atoms with Crippen molar-refractivity contribution in [3.8, 4) is 0 Å². The van der Waals surface area contributed by atoms with E-state index in [1.807, 2.05) is 25.8 Å². The van der Waals surface area contributed by atoms with Gasteiger partial charge in [-0.3, -0.25) is 9.54 Å². The molecule has 0 unspecified atom stereocenters. The molecule has 3 heterocycles. The Morgan fingerprint density at radius 2 is 1.72 bits per heavy atom. The maximum absolute atomic E-state index is 13.2. The summed E-state index contributed by atoms with van der Waals surface area (Å²) in [7, 11) is -1.82. The molecule has 0 atom stereocenters. The Kier molecular flexibility index (Phi) is 7.91. The standard InChI is InChI=1S/C18H19F3N6.CH4O3S/c1-11(2)27(3)17-25-15-13(7-5-9-23-15)16(26-17)24-10-12-6-4-8-22-14(12)18(19,20)21;1-5(2,3)4/h4-9,11H,10H2,1-3H3,(H,23,24,25,26);1H3,(H,2,3,4). The van der Waals surface area contributed by atoms with Crippen LogP contribution in [0.4, 0.5) is 24.9 Å². The molecule has 2 N–H and O–H groups in total. The Morgan fingerprint density at radius 1 is 1.12 bits per heavy atom. The van der Waals surface area contributed by atoms with E-state index in [4.69, 9.17) is 4.55 Å². The summed E-state index contributed by atoms with van der Waals surface area (Å²) in [4.78, 5) is 18.5. The fourth-order valence-electron chi connectivity index (χ4n) is 2.49. The predicted molar refractivity (Wildman–Crippen MR) is 115 cm³/mol. The third kappa shape index (κ3) is 7.27. The maximum atomic E-state index is 13.2. The van der Waals surface area contributed by atoms with Crippen LogP contribution >= 0.6 is 0 Å². The SMILES string of the molecule is CC(C)N(C)c1nc(NCc2cccnc2C(F)(F)F)c2cccnc2n1.CS(=O)(=O)O. The van der Waals surface area contributed by atoms with Crippen molar-refractivity contribution in [2.24, 2.45) is 0 Å². The third-order valence-electron chi connectivity index (χ3n) is 4.16. The number of aromatic nitrogens is 4. The molecule has 0 aliphatic heterocycles. The van der Waals surface area contributed by atoms with Crippen LogP contribution in [0.25, 0.3) is 11.0 Å². The van der Waals surface area contributed by atoms with Crippen LogP contribution in [0.15, 0.2) is 36.7 Å². The average molecular weight is 472 g/mol. The second kappa shape index (κ2) is 10.0. The number of nitrogens with one attached hydrogen (secondary N) is 1. The summed E-state index contributed by atoms with van der Waals surface area (Å²) < 4.78 is 65.3. The topological polar surface area (TPSA) is 121 Å². The van der Waals surface area contributed by atoms with Crippen LogP contribution in [0.5, 0.6) is 0 Å². The van der Waals surface area contributed by atoms with Crippen molar-refractivity contribution in [1.82, 2.24) is 19.9 Å². The summed E-state index contributed by atoms with van der Waals surface area (Å²) in [6.07, 6.45) is -1.06. The van der Waals surface area contributed by atoms with Crippen LogP contribution in [0, 0.1) is 0 Å². The molecule has 0 radical (unpaired) electrons. The summed E-state index contributed by atoms with van der Waals surface area (Å²) in [6, 6.07) is 6.52. The zero-order chi connectivity index (χ0) is 24.1. The minimum atomic E-state index is -4.52. The lowest BCUT2D eigenvalue weighted by atomic mass is 10.2. The van der Waals surface area contributed by atoms with Crippen molar-refractivity contribution in [3.05, 3.63) is 47.9 Å². The number of alkyl halides is 3. The van der Waals surface area contributed by atoms with E-state index in [1.54, 1.807) is 18.3 Å². The lowest BCUT2D eigenvalue weighted by Crippen LogP contribution is -2.28. The largest absolute Gasteiger partial charge is 0.433 e. The fraction of sp³-hybridized carbons (Fsp3) is 0.368. The molecule has 0 saturated heterocycles. The van der Waals surface area contributed by atoms with E-state index in [9.17, 15) is 21.6 Å². The van der Waals surface area contributed by atoms with Crippen LogP contribution in [-0.4, -0.2) is 52.3 Å². The first kappa shape index (κ1) is 25.2. The lowest BCUT2D eigenvalue weighted by molar-refractivity contribution is -0.141. The molecule has 174 valence electrons. The molecular formula is C19H23F3N6O3S. The zero-order valence-corrected chi connectivity index (χ0v) is 18.6. The highest BCUT2D eigenvalue weighted by Gasteiger charge is 2.34. The summed E-state index contributed by atoms with van der Waals surface area (Å²) in [5, 5.41) is 3.63. The van der Waals surface area contributed by atoms with Gasteiger partial charge in [0.1, 0.15) is 11.5 Å². The number of anilines is 2. The molecule has 3 aromatic rings. The van der Waals surface area contributed by atoms with Gasteiger partial charge in [-0.2, -0.15) is 31.6 Å². The zero-order valence-electron chi connectivity index (χ0n) is 17.8. The fourth-order valence-corrected chi connectivity index (χ4v) is 2.49. The molecule has 0 aliphatic rings. The number of nitrogens with zero attached hydrogens (tertiary/aromatic N) is 5. The normalized spacial score (nSPS) is 11.8. The van der Waals surface area contributed by atoms with Gasteiger partial charge in [0.25, 0.3) is 10.1 Å². The van der Waals surface area contributed by atoms with E-state index in [1.165, 1.54) is 12.1 Å².